The number of nitrogens with one attached hydrogen (secondary N) is 1. The van der Waals surface area contributed by atoms with Crippen molar-refractivity contribution in [3.8, 4) is 11.5 Å². The molecule has 0 fully saturated rings. The zero-order chi connectivity index (χ0) is 15.5. The fraction of sp³-hybridized carbons (Fsp3) is 0.0714. The van der Waals surface area contributed by atoms with Crippen LogP contribution in [0.15, 0.2) is 42.0 Å². The standard InChI is InChI=1S/C14H13N7S/c1-22-13-3-5-17-14(20-13)11-6-19-12-7-18-10(8-21(11)12)9(16)2-4-15/h2-8,15H,16H2,1H3. The van der Waals surface area contributed by atoms with Crippen molar-refractivity contribution in [3.05, 3.63) is 42.6 Å². The van der Waals surface area contributed by atoms with Gasteiger partial charge in [-0.25, -0.2) is 19.9 Å². The van der Waals surface area contributed by atoms with Crippen molar-refractivity contribution in [2.45, 2.75) is 5.03 Å². The largest absolute Gasteiger partial charge is 0.397 e. The smallest absolute Gasteiger partial charge is 0.179 e. The Hall–Kier alpha value is -2.74. The van der Waals surface area contributed by atoms with Crippen LogP contribution in [0.3, 0.4) is 0 Å². The SMILES string of the molecule is CSc1ccnc(-c2cnc3cnc(C(N)=CC=N)cn23)n1. The van der Waals surface area contributed by atoms with Crippen LogP contribution in [0.5, 0.6) is 0 Å². The summed E-state index contributed by atoms with van der Waals surface area (Å²) in [5, 5.41) is 7.97. The van der Waals surface area contributed by atoms with Crippen LogP contribution < -0.4 is 5.73 Å². The third-order valence-electron chi connectivity index (χ3n) is 3.02. The zero-order valence-corrected chi connectivity index (χ0v) is 12.6. The Balaban J connectivity index is 2.15. The number of hydrogen-bond donors (Lipinski definition) is 2. The lowest BCUT2D eigenvalue weighted by molar-refractivity contribution is 1.02. The van der Waals surface area contributed by atoms with Gasteiger partial charge in [-0.2, -0.15) is 0 Å². The molecule has 3 N–H and O–H groups in total. The molecular formula is C14H13N7S. The van der Waals surface area contributed by atoms with Crippen LogP contribution in [0.25, 0.3) is 22.9 Å². The molecule has 0 aromatic carbocycles. The Morgan fingerprint density at radius 3 is 2.95 bits per heavy atom. The van der Waals surface area contributed by atoms with Gasteiger partial charge in [0.05, 0.1) is 23.1 Å². The molecule has 0 bridgehead atoms. The summed E-state index contributed by atoms with van der Waals surface area (Å²) >= 11 is 1.55. The molecule has 110 valence electrons. The molecule has 0 amide bonds. The van der Waals surface area contributed by atoms with Crippen molar-refractivity contribution >= 4 is 29.3 Å². The minimum absolute atomic E-state index is 0.412. The summed E-state index contributed by atoms with van der Waals surface area (Å²) in [6, 6.07) is 1.86. The van der Waals surface area contributed by atoms with Gasteiger partial charge < -0.3 is 11.1 Å². The minimum atomic E-state index is 0.412. The molecule has 3 aromatic heterocycles. The first kappa shape index (κ1) is 14.2. The number of nitrogens with zero attached hydrogens (tertiary/aromatic N) is 5. The van der Waals surface area contributed by atoms with Gasteiger partial charge in [-0.3, -0.25) is 4.40 Å². The summed E-state index contributed by atoms with van der Waals surface area (Å²) in [5.74, 6) is 0.589. The molecule has 7 nitrogen and oxygen atoms in total. The molecule has 3 aromatic rings. The van der Waals surface area contributed by atoms with Gasteiger partial charge in [-0.05, 0) is 18.4 Å². The maximum absolute atomic E-state index is 7.09. The highest BCUT2D eigenvalue weighted by molar-refractivity contribution is 7.98. The Morgan fingerprint density at radius 1 is 1.32 bits per heavy atom. The van der Waals surface area contributed by atoms with Gasteiger partial charge in [0.15, 0.2) is 11.5 Å². The fourth-order valence-electron chi connectivity index (χ4n) is 1.96. The third-order valence-corrected chi connectivity index (χ3v) is 3.67. The number of nitrogens with two attached hydrogens (primary N) is 1. The molecule has 0 aliphatic carbocycles. The van der Waals surface area contributed by atoms with E-state index in [1.807, 2.05) is 16.7 Å². The average Bonchev–Trinajstić information content (AvgIpc) is 2.98. The Kier molecular flexibility index (Phi) is 3.84. The lowest BCUT2D eigenvalue weighted by Gasteiger charge is -2.04. The first-order valence-electron chi connectivity index (χ1n) is 6.40. The number of allylic oxidation sites excluding steroid dienone is 1. The van der Waals surface area contributed by atoms with E-state index in [2.05, 4.69) is 19.9 Å². The lowest BCUT2D eigenvalue weighted by Crippen LogP contribution is -2.03. The highest BCUT2D eigenvalue weighted by Crippen LogP contribution is 2.20. The van der Waals surface area contributed by atoms with E-state index < -0.39 is 0 Å². The second-order valence-corrected chi connectivity index (χ2v) is 5.18. The maximum atomic E-state index is 7.09. The molecule has 0 saturated heterocycles. The first-order chi connectivity index (χ1) is 10.7. The summed E-state index contributed by atoms with van der Waals surface area (Å²) in [6.45, 7) is 0. The Labute approximate surface area is 130 Å². The highest BCUT2D eigenvalue weighted by atomic mass is 32.2. The van der Waals surface area contributed by atoms with E-state index in [0.29, 0.717) is 22.9 Å². The topological polar surface area (TPSA) is 106 Å². The normalized spacial score (nSPS) is 11.8. The van der Waals surface area contributed by atoms with Crippen LogP contribution in [0.1, 0.15) is 5.69 Å². The summed E-state index contributed by atoms with van der Waals surface area (Å²) in [6.07, 6.45) is 11.4. The Morgan fingerprint density at radius 2 is 2.18 bits per heavy atom. The van der Waals surface area contributed by atoms with Crippen molar-refractivity contribution in [3.63, 3.8) is 0 Å². The molecule has 22 heavy (non-hydrogen) atoms. The van der Waals surface area contributed by atoms with E-state index in [9.17, 15) is 0 Å². The van der Waals surface area contributed by atoms with E-state index in [0.717, 1.165) is 16.9 Å². The van der Waals surface area contributed by atoms with Crippen molar-refractivity contribution in [1.82, 2.24) is 24.3 Å². The zero-order valence-electron chi connectivity index (χ0n) is 11.8. The number of aromatic nitrogens is 5. The van der Waals surface area contributed by atoms with Crippen molar-refractivity contribution in [2.24, 2.45) is 5.73 Å². The number of fused-ring (bicyclic) bond motifs is 1. The summed E-state index contributed by atoms with van der Waals surface area (Å²) < 4.78 is 1.84. The molecule has 8 heteroatoms. The van der Waals surface area contributed by atoms with Crippen LogP contribution in [-0.2, 0) is 0 Å². The van der Waals surface area contributed by atoms with Gasteiger partial charge >= 0.3 is 0 Å². The summed E-state index contributed by atoms with van der Waals surface area (Å²) in [5.41, 5.74) is 8.30. The maximum Gasteiger partial charge on any atom is 0.179 e. The van der Waals surface area contributed by atoms with Crippen molar-refractivity contribution in [2.75, 3.05) is 6.26 Å². The van der Waals surface area contributed by atoms with Crippen molar-refractivity contribution < 1.29 is 0 Å². The van der Waals surface area contributed by atoms with Gasteiger partial charge in [0.1, 0.15) is 11.4 Å². The number of hydrogen-bond acceptors (Lipinski definition) is 7. The second-order valence-electron chi connectivity index (χ2n) is 4.36. The lowest BCUT2D eigenvalue weighted by atomic mass is 10.3. The van der Waals surface area contributed by atoms with E-state index in [4.69, 9.17) is 11.1 Å². The third kappa shape index (κ3) is 2.56. The molecule has 3 heterocycles. The molecule has 0 radical (unpaired) electrons. The van der Waals surface area contributed by atoms with Crippen LogP contribution >= 0.6 is 11.8 Å². The monoisotopic (exact) mass is 311 g/mol. The molecule has 0 spiro atoms. The second kappa shape index (κ2) is 5.94. The van der Waals surface area contributed by atoms with Crippen molar-refractivity contribution in [1.29, 1.82) is 5.41 Å². The van der Waals surface area contributed by atoms with Crippen LogP contribution in [0.4, 0.5) is 0 Å². The van der Waals surface area contributed by atoms with E-state index >= 15 is 0 Å². The van der Waals surface area contributed by atoms with E-state index in [1.54, 1.807) is 36.5 Å². The van der Waals surface area contributed by atoms with Crippen LogP contribution in [-0.4, -0.2) is 36.8 Å². The quantitative estimate of drug-likeness (QED) is 0.433. The average molecular weight is 311 g/mol. The predicted molar refractivity (Wildman–Crippen MR) is 86.7 cm³/mol. The molecule has 0 aliphatic rings. The number of thioether (sulfide) groups is 1. The van der Waals surface area contributed by atoms with Gasteiger partial charge in [0, 0.05) is 18.6 Å². The first-order valence-corrected chi connectivity index (χ1v) is 7.62. The molecule has 0 saturated carbocycles. The van der Waals surface area contributed by atoms with E-state index in [-0.39, 0.29) is 0 Å². The fourth-order valence-corrected chi connectivity index (χ4v) is 2.33. The van der Waals surface area contributed by atoms with E-state index in [1.165, 1.54) is 6.08 Å². The number of imidazole rings is 1. The molecule has 0 unspecified atom stereocenters. The molecule has 0 aliphatic heterocycles. The molecule has 3 rings (SSSR count). The molecule has 0 atom stereocenters. The Bertz CT molecular complexity index is 869. The predicted octanol–water partition coefficient (Wildman–Crippen LogP) is 1.86. The van der Waals surface area contributed by atoms with Gasteiger partial charge in [0.25, 0.3) is 0 Å². The minimum Gasteiger partial charge on any atom is -0.397 e. The highest BCUT2D eigenvalue weighted by Gasteiger charge is 2.11. The molecular weight excluding hydrogens is 298 g/mol. The van der Waals surface area contributed by atoms with Gasteiger partial charge in [-0.15, -0.1) is 11.8 Å². The van der Waals surface area contributed by atoms with Gasteiger partial charge in [-0.1, -0.05) is 0 Å². The summed E-state index contributed by atoms with van der Waals surface area (Å²) in [7, 11) is 0. The van der Waals surface area contributed by atoms with Gasteiger partial charge in [0.2, 0.25) is 0 Å². The number of rotatable bonds is 4. The van der Waals surface area contributed by atoms with Crippen LogP contribution in [0, 0.1) is 5.41 Å². The van der Waals surface area contributed by atoms with Crippen LogP contribution in [0.2, 0.25) is 0 Å². The summed E-state index contributed by atoms with van der Waals surface area (Å²) in [4.78, 5) is 17.3.